The van der Waals surface area contributed by atoms with Crippen LogP contribution in [0.3, 0.4) is 0 Å². The van der Waals surface area contributed by atoms with Crippen molar-refractivity contribution in [3.63, 3.8) is 0 Å². The Morgan fingerprint density at radius 2 is 1.93 bits per heavy atom. The van der Waals surface area contributed by atoms with Gasteiger partial charge in [0.05, 0.1) is 6.04 Å². The normalized spacial score (nSPS) is 12.4. The first kappa shape index (κ1) is 9.80. The molecule has 2 rings (SSSR count). The van der Waals surface area contributed by atoms with E-state index in [9.17, 15) is 0 Å². The van der Waals surface area contributed by atoms with Crippen molar-refractivity contribution in [1.29, 1.82) is 0 Å². The number of pyridine rings is 2. The molecular formula is C12H13N3. The molecule has 2 heterocycles. The van der Waals surface area contributed by atoms with Crippen LogP contribution < -0.4 is 5.73 Å². The first-order chi connectivity index (χ1) is 7.29. The van der Waals surface area contributed by atoms with Gasteiger partial charge in [-0.05, 0) is 35.7 Å². The van der Waals surface area contributed by atoms with Crippen molar-refractivity contribution in [3.8, 4) is 0 Å². The van der Waals surface area contributed by atoms with Gasteiger partial charge in [0.1, 0.15) is 0 Å². The molecule has 3 nitrogen and oxygen atoms in total. The lowest BCUT2D eigenvalue weighted by Crippen LogP contribution is -2.13. The summed E-state index contributed by atoms with van der Waals surface area (Å²) in [5.41, 5.74) is 9.37. The Balaban J connectivity index is 2.37. The van der Waals surface area contributed by atoms with Crippen LogP contribution in [0.5, 0.6) is 0 Å². The number of hydrogen-bond donors (Lipinski definition) is 1. The minimum Gasteiger partial charge on any atom is -0.320 e. The fourth-order valence-electron chi connectivity index (χ4n) is 1.57. The second-order valence-corrected chi connectivity index (χ2v) is 3.50. The molecule has 2 aromatic heterocycles. The van der Waals surface area contributed by atoms with Gasteiger partial charge in [0.25, 0.3) is 0 Å². The summed E-state index contributed by atoms with van der Waals surface area (Å²) in [6, 6.07) is 5.71. The largest absolute Gasteiger partial charge is 0.320 e. The van der Waals surface area contributed by atoms with Gasteiger partial charge in [0, 0.05) is 24.8 Å². The van der Waals surface area contributed by atoms with Crippen LogP contribution in [0.25, 0.3) is 0 Å². The van der Waals surface area contributed by atoms with Gasteiger partial charge in [0.2, 0.25) is 0 Å². The van der Waals surface area contributed by atoms with E-state index in [1.165, 1.54) is 0 Å². The van der Waals surface area contributed by atoms with Crippen molar-refractivity contribution in [2.24, 2.45) is 5.73 Å². The number of rotatable bonds is 2. The average Bonchev–Trinajstić information content (AvgIpc) is 2.30. The minimum atomic E-state index is -0.123. The predicted molar refractivity (Wildman–Crippen MR) is 59.2 cm³/mol. The van der Waals surface area contributed by atoms with Crippen LogP contribution in [0.2, 0.25) is 0 Å². The second-order valence-electron chi connectivity index (χ2n) is 3.50. The summed E-state index contributed by atoms with van der Waals surface area (Å²) in [6.07, 6.45) is 7.13. The van der Waals surface area contributed by atoms with Gasteiger partial charge in [0.15, 0.2) is 0 Å². The number of hydrogen-bond acceptors (Lipinski definition) is 3. The Hall–Kier alpha value is -1.74. The molecular weight excluding hydrogens is 186 g/mol. The number of aryl methyl sites for hydroxylation is 1. The zero-order valence-corrected chi connectivity index (χ0v) is 8.59. The van der Waals surface area contributed by atoms with Gasteiger partial charge in [-0.2, -0.15) is 0 Å². The molecule has 0 fully saturated rings. The fourth-order valence-corrected chi connectivity index (χ4v) is 1.57. The Morgan fingerprint density at radius 1 is 1.13 bits per heavy atom. The third kappa shape index (κ3) is 2.02. The van der Waals surface area contributed by atoms with E-state index in [2.05, 4.69) is 9.97 Å². The molecule has 0 aromatic carbocycles. The molecule has 1 unspecified atom stereocenters. The smallest absolute Gasteiger partial charge is 0.0570 e. The average molecular weight is 199 g/mol. The van der Waals surface area contributed by atoms with Gasteiger partial charge < -0.3 is 5.73 Å². The highest BCUT2D eigenvalue weighted by molar-refractivity contribution is 5.33. The summed E-state index contributed by atoms with van der Waals surface area (Å²) in [4.78, 5) is 8.12. The lowest BCUT2D eigenvalue weighted by atomic mass is 9.99. The Labute approximate surface area is 89.0 Å². The highest BCUT2D eigenvalue weighted by atomic mass is 14.7. The van der Waals surface area contributed by atoms with E-state index in [1.54, 1.807) is 18.6 Å². The van der Waals surface area contributed by atoms with Crippen molar-refractivity contribution in [1.82, 2.24) is 9.97 Å². The monoisotopic (exact) mass is 199 g/mol. The van der Waals surface area contributed by atoms with E-state index in [0.717, 1.165) is 16.7 Å². The van der Waals surface area contributed by atoms with E-state index in [1.807, 2.05) is 31.3 Å². The number of nitrogens with two attached hydrogens (primary N) is 1. The van der Waals surface area contributed by atoms with E-state index >= 15 is 0 Å². The lowest BCUT2D eigenvalue weighted by Gasteiger charge is -2.13. The molecule has 0 bridgehead atoms. The molecule has 0 aliphatic carbocycles. The molecule has 15 heavy (non-hydrogen) atoms. The molecule has 0 aliphatic rings. The first-order valence-electron chi connectivity index (χ1n) is 4.85. The van der Waals surface area contributed by atoms with E-state index < -0.39 is 0 Å². The zero-order valence-electron chi connectivity index (χ0n) is 8.59. The molecule has 0 radical (unpaired) electrons. The molecule has 0 aliphatic heterocycles. The van der Waals surface area contributed by atoms with Crippen molar-refractivity contribution < 1.29 is 0 Å². The highest BCUT2D eigenvalue weighted by Crippen LogP contribution is 2.20. The zero-order chi connectivity index (χ0) is 10.7. The summed E-state index contributed by atoms with van der Waals surface area (Å²) in [5, 5.41) is 0. The van der Waals surface area contributed by atoms with Crippen molar-refractivity contribution in [2.75, 3.05) is 0 Å². The molecule has 3 heteroatoms. The maximum absolute atomic E-state index is 6.15. The quantitative estimate of drug-likeness (QED) is 0.802. The number of aromatic nitrogens is 2. The summed E-state index contributed by atoms with van der Waals surface area (Å²) < 4.78 is 0. The first-order valence-corrected chi connectivity index (χ1v) is 4.85. The Morgan fingerprint density at radius 3 is 2.60 bits per heavy atom. The number of nitrogens with zero attached hydrogens (tertiary/aromatic N) is 2. The van der Waals surface area contributed by atoms with Gasteiger partial charge in [-0.3, -0.25) is 9.97 Å². The van der Waals surface area contributed by atoms with E-state index in [-0.39, 0.29) is 6.04 Å². The summed E-state index contributed by atoms with van der Waals surface area (Å²) in [6.45, 7) is 2.01. The molecule has 2 N–H and O–H groups in total. The van der Waals surface area contributed by atoms with E-state index in [4.69, 9.17) is 5.73 Å². The third-order valence-corrected chi connectivity index (χ3v) is 2.44. The lowest BCUT2D eigenvalue weighted by molar-refractivity contribution is 0.849. The maximum Gasteiger partial charge on any atom is 0.0570 e. The standard InChI is InChI=1S/C12H13N3/c1-9-7-15-6-4-11(9)12(13)10-3-2-5-14-8-10/h2-8,12H,13H2,1H3. The summed E-state index contributed by atoms with van der Waals surface area (Å²) >= 11 is 0. The van der Waals surface area contributed by atoms with Gasteiger partial charge in [-0.25, -0.2) is 0 Å². The van der Waals surface area contributed by atoms with Crippen LogP contribution in [0.4, 0.5) is 0 Å². The van der Waals surface area contributed by atoms with Gasteiger partial charge >= 0.3 is 0 Å². The van der Waals surface area contributed by atoms with Gasteiger partial charge in [-0.15, -0.1) is 0 Å². The molecule has 1 atom stereocenters. The SMILES string of the molecule is Cc1cnccc1C(N)c1cccnc1. The van der Waals surface area contributed by atoms with Crippen LogP contribution in [-0.4, -0.2) is 9.97 Å². The van der Waals surface area contributed by atoms with Crippen LogP contribution in [0, 0.1) is 6.92 Å². The van der Waals surface area contributed by atoms with Crippen LogP contribution >= 0.6 is 0 Å². The van der Waals surface area contributed by atoms with Crippen molar-refractivity contribution >= 4 is 0 Å². The topological polar surface area (TPSA) is 51.8 Å². The highest BCUT2D eigenvalue weighted by Gasteiger charge is 2.10. The fraction of sp³-hybridized carbons (Fsp3) is 0.167. The molecule has 0 saturated carbocycles. The maximum atomic E-state index is 6.15. The predicted octanol–water partition coefficient (Wildman–Crippen LogP) is 1.83. The van der Waals surface area contributed by atoms with Crippen LogP contribution in [-0.2, 0) is 0 Å². The van der Waals surface area contributed by atoms with Gasteiger partial charge in [-0.1, -0.05) is 6.07 Å². The summed E-state index contributed by atoms with van der Waals surface area (Å²) in [5.74, 6) is 0. The van der Waals surface area contributed by atoms with Crippen molar-refractivity contribution in [2.45, 2.75) is 13.0 Å². The van der Waals surface area contributed by atoms with Crippen LogP contribution in [0.15, 0.2) is 43.0 Å². The van der Waals surface area contributed by atoms with Crippen LogP contribution in [0.1, 0.15) is 22.7 Å². The van der Waals surface area contributed by atoms with Crippen molar-refractivity contribution in [3.05, 3.63) is 59.7 Å². The van der Waals surface area contributed by atoms with E-state index in [0.29, 0.717) is 0 Å². The molecule has 0 saturated heterocycles. The molecule has 2 aromatic rings. The minimum absolute atomic E-state index is 0.123. The molecule has 0 amide bonds. The Kier molecular flexibility index (Phi) is 2.74. The molecule has 0 spiro atoms. The Bertz CT molecular complexity index is 440. The summed E-state index contributed by atoms with van der Waals surface area (Å²) in [7, 11) is 0. The second kappa shape index (κ2) is 4.19. The third-order valence-electron chi connectivity index (χ3n) is 2.44. The molecule has 76 valence electrons.